The summed E-state index contributed by atoms with van der Waals surface area (Å²) in [5, 5.41) is 13.9. The Kier molecular flexibility index (Phi) is 6.09. The average Bonchev–Trinajstić information content (AvgIpc) is 3.06. The number of halogens is 2. The first-order chi connectivity index (χ1) is 13.2. The van der Waals surface area contributed by atoms with E-state index in [1.807, 2.05) is 0 Å². The fourth-order valence-corrected chi connectivity index (χ4v) is 4.69. The van der Waals surface area contributed by atoms with Crippen molar-refractivity contribution in [2.24, 2.45) is 0 Å². The van der Waals surface area contributed by atoms with Gasteiger partial charge in [0.1, 0.15) is 0 Å². The van der Waals surface area contributed by atoms with E-state index in [-0.39, 0.29) is 32.2 Å². The molecule has 11 heteroatoms. The molecular formula is C17H13Cl2N3O4S2. The lowest BCUT2D eigenvalue weighted by molar-refractivity contribution is -0.115. The number of carbonyl (C=O) groups is 1. The van der Waals surface area contributed by atoms with Crippen LogP contribution in [0.4, 0.5) is 10.8 Å². The van der Waals surface area contributed by atoms with Gasteiger partial charge in [0.05, 0.1) is 27.1 Å². The van der Waals surface area contributed by atoms with Gasteiger partial charge in [-0.1, -0.05) is 41.4 Å². The van der Waals surface area contributed by atoms with Crippen LogP contribution in [0.25, 0.3) is 0 Å². The number of aromatic hydroxyl groups is 1. The number of nitrogens with one attached hydrogen (secondary N) is 2. The van der Waals surface area contributed by atoms with E-state index in [1.165, 1.54) is 24.3 Å². The lowest BCUT2D eigenvalue weighted by Crippen LogP contribution is -2.15. The van der Waals surface area contributed by atoms with Crippen molar-refractivity contribution in [1.82, 2.24) is 4.98 Å². The first kappa shape index (κ1) is 20.4. The molecule has 3 aromatic rings. The zero-order chi connectivity index (χ0) is 20.3. The van der Waals surface area contributed by atoms with E-state index < -0.39 is 15.9 Å². The van der Waals surface area contributed by atoms with Gasteiger partial charge in [-0.25, -0.2) is 13.4 Å². The number of hydrogen-bond acceptors (Lipinski definition) is 6. The minimum atomic E-state index is -3.75. The molecule has 146 valence electrons. The Balaban J connectivity index is 1.65. The van der Waals surface area contributed by atoms with Gasteiger partial charge in [0, 0.05) is 11.1 Å². The van der Waals surface area contributed by atoms with Crippen LogP contribution in [0.3, 0.4) is 0 Å². The van der Waals surface area contributed by atoms with Crippen molar-refractivity contribution in [3.63, 3.8) is 0 Å². The number of phenolic OH excluding ortho intramolecular Hbond substituents is 1. The van der Waals surface area contributed by atoms with Gasteiger partial charge in [0.15, 0.2) is 10.9 Å². The van der Waals surface area contributed by atoms with Crippen molar-refractivity contribution in [1.29, 1.82) is 0 Å². The summed E-state index contributed by atoms with van der Waals surface area (Å²) in [6.45, 7) is 0. The first-order valence-electron chi connectivity index (χ1n) is 7.75. The van der Waals surface area contributed by atoms with Crippen LogP contribution in [-0.2, 0) is 21.2 Å². The molecule has 1 amide bonds. The minimum Gasteiger partial charge on any atom is -0.505 e. The Hall–Kier alpha value is -2.33. The Morgan fingerprint density at radius 1 is 1.14 bits per heavy atom. The predicted octanol–water partition coefficient (Wildman–Crippen LogP) is 4.14. The van der Waals surface area contributed by atoms with Crippen molar-refractivity contribution in [2.45, 2.75) is 11.3 Å². The number of rotatable bonds is 6. The topological polar surface area (TPSA) is 108 Å². The van der Waals surface area contributed by atoms with E-state index >= 15 is 0 Å². The van der Waals surface area contributed by atoms with E-state index in [0.717, 1.165) is 11.3 Å². The van der Waals surface area contributed by atoms with Gasteiger partial charge in [-0.3, -0.25) is 9.52 Å². The number of thiazole rings is 1. The molecule has 2 aromatic carbocycles. The lowest BCUT2D eigenvalue weighted by atomic mass is 10.2. The summed E-state index contributed by atoms with van der Waals surface area (Å²) in [7, 11) is -3.75. The number of hydrogen-bond donors (Lipinski definition) is 3. The van der Waals surface area contributed by atoms with Crippen molar-refractivity contribution in [2.75, 3.05) is 10.0 Å². The average molecular weight is 458 g/mol. The summed E-state index contributed by atoms with van der Waals surface area (Å²) in [5.74, 6) is -0.670. The number of sulfonamides is 1. The highest BCUT2D eigenvalue weighted by Gasteiger charge is 2.17. The van der Waals surface area contributed by atoms with Crippen LogP contribution in [0.1, 0.15) is 5.69 Å². The number of carbonyl (C=O) groups excluding carboxylic acids is 1. The second-order valence-corrected chi connectivity index (χ2v) is 8.93. The third-order valence-corrected chi connectivity index (χ3v) is 6.34. The molecule has 0 saturated heterocycles. The number of nitrogens with zero attached hydrogens (tertiary/aromatic N) is 1. The largest absolute Gasteiger partial charge is 0.505 e. The Morgan fingerprint density at radius 2 is 1.79 bits per heavy atom. The first-order valence-corrected chi connectivity index (χ1v) is 10.9. The van der Waals surface area contributed by atoms with Crippen molar-refractivity contribution < 1.29 is 18.3 Å². The van der Waals surface area contributed by atoms with Gasteiger partial charge in [-0.2, -0.15) is 0 Å². The molecule has 3 N–H and O–H groups in total. The van der Waals surface area contributed by atoms with Crippen LogP contribution in [-0.4, -0.2) is 24.4 Å². The van der Waals surface area contributed by atoms with Gasteiger partial charge >= 0.3 is 0 Å². The molecule has 3 rings (SSSR count). The molecule has 0 atom stereocenters. The summed E-state index contributed by atoms with van der Waals surface area (Å²) in [6.07, 6.45) is -0.0837. The summed E-state index contributed by atoms with van der Waals surface area (Å²) >= 11 is 12.7. The second-order valence-electron chi connectivity index (χ2n) is 5.58. The summed E-state index contributed by atoms with van der Waals surface area (Å²) in [5.41, 5.74) is 0.710. The van der Waals surface area contributed by atoms with Gasteiger partial charge < -0.3 is 10.4 Å². The van der Waals surface area contributed by atoms with Crippen molar-refractivity contribution in [3.05, 3.63) is 63.6 Å². The van der Waals surface area contributed by atoms with Crippen LogP contribution >= 0.6 is 34.5 Å². The minimum absolute atomic E-state index is 0.00839. The Labute approximate surface area is 175 Å². The SMILES string of the molecule is O=C(Cc1csc(NS(=O)(=O)c2ccccc2)n1)Nc1cc(Cl)c(O)c(Cl)c1. The van der Waals surface area contributed by atoms with Crippen LogP contribution in [0.15, 0.2) is 52.7 Å². The van der Waals surface area contributed by atoms with Gasteiger partial charge in [-0.15, -0.1) is 11.3 Å². The van der Waals surface area contributed by atoms with Crippen LogP contribution in [0.2, 0.25) is 10.0 Å². The van der Waals surface area contributed by atoms with E-state index in [4.69, 9.17) is 23.2 Å². The van der Waals surface area contributed by atoms with Gasteiger partial charge in [0.25, 0.3) is 10.0 Å². The Morgan fingerprint density at radius 3 is 2.43 bits per heavy atom. The molecule has 28 heavy (non-hydrogen) atoms. The highest BCUT2D eigenvalue weighted by molar-refractivity contribution is 7.93. The monoisotopic (exact) mass is 457 g/mol. The van der Waals surface area contributed by atoms with E-state index in [1.54, 1.807) is 23.6 Å². The fraction of sp³-hybridized carbons (Fsp3) is 0.0588. The molecule has 0 aliphatic heterocycles. The molecule has 0 fully saturated rings. The normalized spacial score (nSPS) is 11.2. The number of anilines is 2. The molecule has 0 aliphatic rings. The second kappa shape index (κ2) is 8.36. The zero-order valence-electron chi connectivity index (χ0n) is 14.0. The van der Waals surface area contributed by atoms with Crippen LogP contribution in [0, 0.1) is 0 Å². The standard InChI is InChI=1S/C17H13Cl2N3O4S2/c18-13-6-10(7-14(19)16(13)24)20-15(23)8-11-9-27-17(21-11)22-28(25,26)12-4-2-1-3-5-12/h1-7,9,24H,8H2,(H,20,23)(H,21,22). The maximum atomic E-state index is 12.3. The third kappa shape index (κ3) is 4.93. The smallest absolute Gasteiger partial charge is 0.263 e. The van der Waals surface area contributed by atoms with E-state index in [0.29, 0.717) is 11.4 Å². The number of benzene rings is 2. The summed E-state index contributed by atoms with van der Waals surface area (Å²) in [4.78, 5) is 16.4. The summed E-state index contributed by atoms with van der Waals surface area (Å²) in [6, 6.07) is 10.6. The maximum absolute atomic E-state index is 12.3. The third-order valence-electron chi connectivity index (χ3n) is 3.47. The molecule has 0 spiro atoms. The van der Waals surface area contributed by atoms with Crippen molar-refractivity contribution in [3.8, 4) is 5.75 Å². The quantitative estimate of drug-likeness (QED) is 0.482. The number of amides is 1. The number of aromatic nitrogens is 1. The van der Waals surface area contributed by atoms with Crippen molar-refractivity contribution >= 4 is 61.3 Å². The highest BCUT2D eigenvalue weighted by Crippen LogP contribution is 2.34. The molecule has 0 unspecified atom stereocenters. The molecule has 0 aliphatic carbocycles. The van der Waals surface area contributed by atoms with E-state index in [2.05, 4.69) is 15.0 Å². The molecule has 0 radical (unpaired) electrons. The molecule has 7 nitrogen and oxygen atoms in total. The predicted molar refractivity (Wildman–Crippen MR) is 110 cm³/mol. The van der Waals surface area contributed by atoms with Gasteiger partial charge in [0.2, 0.25) is 5.91 Å². The molecule has 0 saturated carbocycles. The molecule has 1 heterocycles. The lowest BCUT2D eigenvalue weighted by Gasteiger charge is -2.07. The zero-order valence-corrected chi connectivity index (χ0v) is 17.2. The fourth-order valence-electron chi connectivity index (χ4n) is 2.22. The Bertz CT molecular complexity index is 1100. The molecular weight excluding hydrogens is 445 g/mol. The molecule has 1 aromatic heterocycles. The highest BCUT2D eigenvalue weighted by atomic mass is 35.5. The van der Waals surface area contributed by atoms with Gasteiger partial charge in [-0.05, 0) is 24.3 Å². The van der Waals surface area contributed by atoms with E-state index in [9.17, 15) is 18.3 Å². The number of phenols is 1. The maximum Gasteiger partial charge on any atom is 0.263 e. The van der Waals surface area contributed by atoms with Crippen LogP contribution < -0.4 is 10.0 Å². The molecule has 0 bridgehead atoms. The van der Waals surface area contributed by atoms with Crippen LogP contribution in [0.5, 0.6) is 5.75 Å². The summed E-state index contributed by atoms with van der Waals surface area (Å²) < 4.78 is 27.0.